The van der Waals surface area contributed by atoms with Crippen LogP contribution in [0.25, 0.3) is 0 Å². The maximum Gasteiger partial charge on any atom is 0.243 e. The molecule has 4 nitrogen and oxygen atoms in total. The zero-order chi connectivity index (χ0) is 19.9. The van der Waals surface area contributed by atoms with Gasteiger partial charge in [0.2, 0.25) is 5.91 Å². The van der Waals surface area contributed by atoms with E-state index in [0.717, 1.165) is 12.2 Å². The van der Waals surface area contributed by atoms with Crippen LogP contribution in [0.3, 0.4) is 0 Å². The SMILES string of the molecule is Cc1ccc(NC(=O)CNc2ccccc2CN(C)C2CCCCC2)cc1F. The second-order valence-electron chi connectivity index (χ2n) is 7.73. The van der Waals surface area contributed by atoms with Crippen LogP contribution in [0.4, 0.5) is 15.8 Å². The minimum Gasteiger partial charge on any atom is -0.376 e. The zero-order valence-corrected chi connectivity index (χ0v) is 16.8. The normalized spacial score (nSPS) is 14.9. The Labute approximate surface area is 167 Å². The first-order valence-corrected chi connectivity index (χ1v) is 10.1. The second kappa shape index (κ2) is 9.69. The first kappa shape index (κ1) is 20.3. The summed E-state index contributed by atoms with van der Waals surface area (Å²) in [4.78, 5) is 14.7. The molecule has 2 aromatic rings. The van der Waals surface area contributed by atoms with Crippen LogP contribution >= 0.6 is 0 Å². The van der Waals surface area contributed by atoms with Crippen LogP contribution in [0.5, 0.6) is 0 Å². The fourth-order valence-electron chi connectivity index (χ4n) is 3.80. The van der Waals surface area contributed by atoms with Crippen molar-refractivity contribution >= 4 is 17.3 Å². The molecule has 5 heteroatoms. The summed E-state index contributed by atoms with van der Waals surface area (Å²) < 4.78 is 13.6. The van der Waals surface area contributed by atoms with Gasteiger partial charge in [-0.2, -0.15) is 0 Å². The van der Waals surface area contributed by atoms with Crippen molar-refractivity contribution in [2.45, 2.75) is 51.6 Å². The molecule has 1 aliphatic rings. The van der Waals surface area contributed by atoms with Crippen molar-refractivity contribution in [3.05, 3.63) is 59.4 Å². The molecule has 2 aromatic carbocycles. The van der Waals surface area contributed by atoms with Crippen molar-refractivity contribution in [2.24, 2.45) is 0 Å². The van der Waals surface area contributed by atoms with E-state index in [4.69, 9.17) is 0 Å². The monoisotopic (exact) mass is 383 g/mol. The minimum absolute atomic E-state index is 0.139. The van der Waals surface area contributed by atoms with E-state index < -0.39 is 0 Å². The fourth-order valence-corrected chi connectivity index (χ4v) is 3.80. The Bertz CT molecular complexity index is 802. The number of rotatable bonds is 7. The molecular weight excluding hydrogens is 353 g/mol. The molecule has 0 radical (unpaired) electrons. The van der Waals surface area contributed by atoms with Gasteiger partial charge in [0.25, 0.3) is 0 Å². The Morgan fingerprint density at radius 1 is 1.14 bits per heavy atom. The van der Waals surface area contributed by atoms with Gasteiger partial charge >= 0.3 is 0 Å². The van der Waals surface area contributed by atoms with Gasteiger partial charge in [0.05, 0.1) is 6.54 Å². The molecule has 0 saturated heterocycles. The number of amides is 1. The fraction of sp³-hybridized carbons (Fsp3) is 0.435. The van der Waals surface area contributed by atoms with Crippen molar-refractivity contribution in [3.8, 4) is 0 Å². The number of hydrogen-bond acceptors (Lipinski definition) is 3. The lowest BCUT2D eigenvalue weighted by Crippen LogP contribution is -2.33. The molecule has 2 N–H and O–H groups in total. The predicted octanol–water partition coefficient (Wildman–Crippen LogP) is 4.95. The van der Waals surface area contributed by atoms with Crippen LogP contribution in [0.15, 0.2) is 42.5 Å². The van der Waals surface area contributed by atoms with Gasteiger partial charge in [-0.15, -0.1) is 0 Å². The van der Waals surface area contributed by atoms with Crippen molar-refractivity contribution in [1.82, 2.24) is 4.90 Å². The van der Waals surface area contributed by atoms with Crippen molar-refractivity contribution in [2.75, 3.05) is 24.2 Å². The maximum atomic E-state index is 13.6. The summed E-state index contributed by atoms with van der Waals surface area (Å²) in [5, 5.41) is 5.98. The highest BCUT2D eigenvalue weighted by atomic mass is 19.1. The molecule has 150 valence electrons. The molecule has 0 atom stereocenters. The van der Waals surface area contributed by atoms with E-state index in [1.807, 2.05) is 18.2 Å². The van der Waals surface area contributed by atoms with E-state index in [0.29, 0.717) is 17.3 Å². The van der Waals surface area contributed by atoms with Crippen LogP contribution in [0.2, 0.25) is 0 Å². The van der Waals surface area contributed by atoms with Gasteiger partial charge in [0.15, 0.2) is 0 Å². The molecule has 0 unspecified atom stereocenters. The van der Waals surface area contributed by atoms with E-state index in [1.165, 1.54) is 43.7 Å². The summed E-state index contributed by atoms with van der Waals surface area (Å²) in [6, 6.07) is 13.5. The largest absolute Gasteiger partial charge is 0.376 e. The quantitative estimate of drug-likeness (QED) is 0.711. The molecule has 1 aliphatic carbocycles. The number of benzene rings is 2. The molecule has 1 saturated carbocycles. The Hall–Kier alpha value is -2.40. The standard InChI is InChI=1S/C23H30FN3O/c1-17-12-13-19(14-21(17)24)26-23(28)15-25-22-11-7-6-8-18(22)16-27(2)20-9-4-3-5-10-20/h6-8,11-14,20,25H,3-5,9-10,15-16H2,1-2H3,(H,26,28). The molecular formula is C23H30FN3O. The number of nitrogens with zero attached hydrogens (tertiary/aromatic N) is 1. The van der Waals surface area contributed by atoms with E-state index >= 15 is 0 Å². The topological polar surface area (TPSA) is 44.4 Å². The van der Waals surface area contributed by atoms with Gasteiger partial charge in [-0.25, -0.2) is 4.39 Å². The van der Waals surface area contributed by atoms with Gasteiger partial charge in [-0.1, -0.05) is 43.5 Å². The average molecular weight is 384 g/mol. The molecule has 0 heterocycles. The summed E-state index contributed by atoms with van der Waals surface area (Å²) in [5.74, 6) is -0.513. The molecule has 0 bridgehead atoms. The number of para-hydroxylation sites is 1. The Morgan fingerprint density at radius 2 is 1.89 bits per heavy atom. The number of nitrogens with one attached hydrogen (secondary N) is 2. The van der Waals surface area contributed by atoms with Gasteiger partial charge in [-0.05, 0) is 56.1 Å². The first-order chi connectivity index (χ1) is 13.5. The molecule has 28 heavy (non-hydrogen) atoms. The summed E-state index contributed by atoms with van der Waals surface area (Å²) >= 11 is 0. The summed E-state index contributed by atoms with van der Waals surface area (Å²) in [6.07, 6.45) is 6.51. The Morgan fingerprint density at radius 3 is 2.64 bits per heavy atom. The molecule has 3 rings (SSSR count). The molecule has 0 spiro atoms. The van der Waals surface area contributed by atoms with E-state index in [-0.39, 0.29) is 18.3 Å². The van der Waals surface area contributed by atoms with Gasteiger partial charge in [-0.3, -0.25) is 9.69 Å². The summed E-state index contributed by atoms with van der Waals surface area (Å²) in [5.41, 5.74) is 3.19. The molecule has 1 fully saturated rings. The maximum absolute atomic E-state index is 13.6. The highest BCUT2D eigenvalue weighted by molar-refractivity contribution is 5.93. The molecule has 0 aromatic heterocycles. The number of carbonyl (C=O) groups is 1. The van der Waals surface area contributed by atoms with Crippen LogP contribution in [0, 0.1) is 12.7 Å². The van der Waals surface area contributed by atoms with Crippen molar-refractivity contribution in [1.29, 1.82) is 0 Å². The van der Waals surface area contributed by atoms with Crippen molar-refractivity contribution < 1.29 is 9.18 Å². The number of halogens is 1. The lowest BCUT2D eigenvalue weighted by atomic mass is 9.94. The third-order valence-electron chi connectivity index (χ3n) is 5.53. The Balaban J connectivity index is 1.56. The van der Waals surface area contributed by atoms with Crippen LogP contribution in [0.1, 0.15) is 43.2 Å². The number of aryl methyl sites for hydroxylation is 1. The zero-order valence-electron chi connectivity index (χ0n) is 16.8. The minimum atomic E-state index is -0.318. The smallest absolute Gasteiger partial charge is 0.243 e. The molecule has 1 amide bonds. The van der Waals surface area contributed by atoms with Crippen LogP contribution in [-0.2, 0) is 11.3 Å². The van der Waals surface area contributed by atoms with Crippen molar-refractivity contribution in [3.63, 3.8) is 0 Å². The Kier molecular flexibility index (Phi) is 7.04. The second-order valence-corrected chi connectivity index (χ2v) is 7.73. The predicted molar refractivity (Wildman–Crippen MR) is 113 cm³/mol. The third kappa shape index (κ3) is 5.55. The van der Waals surface area contributed by atoms with Gasteiger partial charge < -0.3 is 10.6 Å². The summed E-state index contributed by atoms with van der Waals surface area (Å²) in [7, 11) is 2.19. The number of anilines is 2. The van der Waals surface area contributed by atoms with Gasteiger partial charge in [0, 0.05) is 24.0 Å². The van der Waals surface area contributed by atoms with Gasteiger partial charge in [0.1, 0.15) is 5.82 Å². The third-order valence-corrected chi connectivity index (χ3v) is 5.53. The highest BCUT2D eigenvalue weighted by Crippen LogP contribution is 2.25. The first-order valence-electron chi connectivity index (χ1n) is 10.1. The van der Waals surface area contributed by atoms with Crippen LogP contribution in [-0.4, -0.2) is 30.4 Å². The lowest BCUT2D eigenvalue weighted by Gasteiger charge is -2.31. The number of hydrogen-bond donors (Lipinski definition) is 2. The number of carbonyl (C=O) groups excluding carboxylic acids is 1. The van der Waals surface area contributed by atoms with E-state index in [9.17, 15) is 9.18 Å². The van der Waals surface area contributed by atoms with E-state index in [2.05, 4.69) is 28.6 Å². The average Bonchev–Trinajstić information content (AvgIpc) is 2.71. The summed E-state index contributed by atoms with van der Waals surface area (Å²) in [6.45, 7) is 2.70. The lowest BCUT2D eigenvalue weighted by molar-refractivity contribution is -0.114. The molecule has 0 aliphatic heterocycles. The highest BCUT2D eigenvalue weighted by Gasteiger charge is 2.18. The van der Waals surface area contributed by atoms with E-state index in [1.54, 1.807) is 19.1 Å². The van der Waals surface area contributed by atoms with Crippen LogP contribution < -0.4 is 10.6 Å².